The summed E-state index contributed by atoms with van der Waals surface area (Å²) < 4.78 is 0.924. The maximum atomic E-state index is 2.59. The van der Waals surface area contributed by atoms with Crippen molar-refractivity contribution in [3.63, 3.8) is 0 Å². The van der Waals surface area contributed by atoms with E-state index in [2.05, 4.69) is 106 Å². The molecule has 0 radical (unpaired) electrons. The van der Waals surface area contributed by atoms with Gasteiger partial charge in [-0.05, 0) is 0 Å². The Morgan fingerprint density at radius 1 is 0.793 bits per heavy atom. The molecule has 0 aliphatic heterocycles. The van der Waals surface area contributed by atoms with Crippen LogP contribution in [0.1, 0.15) is 42.6 Å². The summed E-state index contributed by atoms with van der Waals surface area (Å²) in [5.41, 5.74) is 10.5. The number of hydrogen-bond acceptors (Lipinski definition) is 0. The molecule has 2 heteroatoms. The quantitative estimate of drug-likeness (QED) is 0.249. The summed E-state index contributed by atoms with van der Waals surface area (Å²) in [6.45, 7) is 6.83. The van der Waals surface area contributed by atoms with Crippen LogP contribution in [-0.4, -0.2) is 0 Å². The van der Waals surface area contributed by atoms with Crippen molar-refractivity contribution < 1.29 is 22.9 Å². The van der Waals surface area contributed by atoms with E-state index in [-0.39, 0.29) is 2.91 Å². The van der Waals surface area contributed by atoms with Crippen LogP contribution in [-0.2, 0) is 25.8 Å². The van der Waals surface area contributed by atoms with Crippen LogP contribution in [0.4, 0.5) is 0 Å². The van der Waals surface area contributed by atoms with E-state index in [0.29, 0.717) is 3.67 Å². The first-order valence-corrected chi connectivity index (χ1v) is 15.1. The molecule has 0 N–H and O–H groups in total. The number of allylic oxidation sites excluding steroid dienone is 2. The molecule has 0 spiro atoms. The van der Waals surface area contributed by atoms with Crippen LogP contribution < -0.4 is 5.30 Å². The number of fused-ring (bicyclic) bond motifs is 2. The molecule has 2 aliphatic rings. The number of rotatable bonds is 4. The van der Waals surface area contributed by atoms with Crippen molar-refractivity contribution in [3.8, 4) is 0 Å². The summed E-state index contributed by atoms with van der Waals surface area (Å²) in [6, 6.07) is 22.7. The van der Waals surface area contributed by atoms with Crippen molar-refractivity contribution in [3.05, 3.63) is 112 Å². The second-order valence-corrected chi connectivity index (χ2v) is 17.7. The summed E-state index contributed by atoms with van der Waals surface area (Å²) >= 11 is -1.18. The fourth-order valence-electron chi connectivity index (χ4n) is 4.65. The summed E-state index contributed by atoms with van der Waals surface area (Å²) in [6.07, 6.45) is 9.93. The normalized spacial score (nSPS) is 21.7. The molecule has 142 valence electrons. The zero-order chi connectivity index (χ0) is 20.0. The van der Waals surface area contributed by atoms with Gasteiger partial charge in [-0.2, -0.15) is 0 Å². The first-order valence-electron chi connectivity index (χ1n) is 10.3. The fourth-order valence-corrected chi connectivity index (χ4v) is 16.0. The van der Waals surface area contributed by atoms with E-state index in [4.69, 9.17) is 0 Å². The molecular weight excluding hydrogens is 534 g/mol. The van der Waals surface area contributed by atoms with E-state index in [1.807, 2.05) is 0 Å². The van der Waals surface area contributed by atoms with Crippen molar-refractivity contribution >= 4 is 26.0 Å². The molecule has 3 aromatic carbocycles. The molecule has 0 aromatic heterocycles. The molecular formula is C27H25HfP. The van der Waals surface area contributed by atoms with Gasteiger partial charge in [0.25, 0.3) is 0 Å². The molecule has 0 saturated heterocycles. The minimum atomic E-state index is -1.18. The van der Waals surface area contributed by atoms with Crippen LogP contribution in [0.2, 0.25) is 0 Å². The molecule has 3 atom stereocenters. The van der Waals surface area contributed by atoms with Crippen LogP contribution in [0, 0.1) is 20.8 Å². The van der Waals surface area contributed by atoms with Gasteiger partial charge in [0.15, 0.2) is 0 Å². The third kappa shape index (κ3) is 3.37. The predicted octanol–water partition coefficient (Wildman–Crippen LogP) is 6.65. The van der Waals surface area contributed by atoms with Crippen LogP contribution in [0.3, 0.4) is 0 Å². The Hall–Kier alpha value is -1.56. The van der Waals surface area contributed by atoms with Crippen molar-refractivity contribution in [1.29, 1.82) is 0 Å². The third-order valence-electron chi connectivity index (χ3n) is 6.25. The second-order valence-electron chi connectivity index (χ2n) is 8.18. The van der Waals surface area contributed by atoms with Gasteiger partial charge in [0, 0.05) is 0 Å². The molecule has 0 bridgehead atoms. The Morgan fingerprint density at radius 2 is 1.55 bits per heavy atom. The van der Waals surface area contributed by atoms with Crippen LogP contribution in [0.25, 0.3) is 12.2 Å². The molecule has 0 heterocycles. The van der Waals surface area contributed by atoms with Crippen molar-refractivity contribution in [2.75, 3.05) is 0 Å². The Kier molecular flexibility index (Phi) is 5.09. The average Bonchev–Trinajstić information content (AvgIpc) is 3.31. The minimum absolute atomic E-state index is 0.259. The first kappa shape index (κ1) is 19.4. The molecule has 0 saturated carbocycles. The Labute approximate surface area is 187 Å². The number of aryl methyl sites for hydroxylation is 3. The zero-order valence-corrected chi connectivity index (χ0v) is 21.8. The molecule has 5 rings (SSSR count). The molecule has 0 fully saturated rings. The van der Waals surface area contributed by atoms with Gasteiger partial charge in [-0.1, -0.05) is 0 Å². The SMILES string of the molecule is Cc1ccccc1P[C]1([Hf][CH]2C=Cc3c(C)ccc(C)c32)C=Cc2ccccc21. The monoisotopic (exact) mass is 560 g/mol. The van der Waals surface area contributed by atoms with Crippen molar-refractivity contribution in [1.82, 2.24) is 0 Å². The topological polar surface area (TPSA) is 0 Å². The molecule has 0 nitrogen and oxygen atoms in total. The van der Waals surface area contributed by atoms with E-state index < -0.39 is 22.9 Å². The number of hydrogen-bond donors (Lipinski definition) is 0. The van der Waals surface area contributed by atoms with Gasteiger partial charge in [-0.15, -0.1) is 0 Å². The van der Waals surface area contributed by atoms with E-state index in [1.54, 1.807) is 11.1 Å². The number of benzene rings is 3. The van der Waals surface area contributed by atoms with Crippen LogP contribution >= 0.6 is 8.58 Å². The van der Waals surface area contributed by atoms with Gasteiger partial charge in [0.2, 0.25) is 0 Å². The maximum absolute atomic E-state index is 2.59. The second kappa shape index (κ2) is 7.60. The van der Waals surface area contributed by atoms with Crippen molar-refractivity contribution in [2.24, 2.45) is 0 Å². The van der Waals surface area contributed by atoms with Gasteiger partial charge in [0.1, 0.15) is 0 Å². The Bertz CT molecular complexity index is 1160. The molecule has 3 aromatic rings. The van der Waals surface area contributed by atoms with Gasteiger partial charge >= 0.3 is 188 Å². The third-order valence-corrected chi connectivity index (χ3v) is 16.5. The summed E-state index contributed by atoms with van der Waals surface area (Å²) in [4.78, 5) is 0. The van der Waals surface area contributed by atoms with E-state index >= 15 is 0 Å². The van der Waals surface area contributed by atoms with Gasteiger partial charge in [0.05, 0.1) is 0 Å². The van der Waals surface area contributed by atoms with E-state index in [1.165, 1.54) is 33.1 Å². The van der Waals surface area contributed by atoms with Crippen LogP contribution in [0.15, 0.2) is 72.8 Å². The van der Waals surface area contributed by atoms with Crippen LogP contribution in [0.5, 0.6) is 0 Å². The molecule has 0 amide bonds. The Balaban J connectivity index is 1.60. The van der Waals surface area contributed by atoms with Gasteiger partial charge in [-0.25, -0.2) is 0 Å². The summed E-state index contributed by atoms with van der Waals surface area (Å²) in [5, 5.41) is 1.53. The standard InChI is InChI=1S/C16H14P.C11H11.Hf/c1-12-6-2-5-9-15(12)17-16-11-10-13-7-3-4-8-14(13)16;1-8-6-7-9(2)11-5-3-4-10(8)11;/h2-11,17H,1H3;3-7H,1-2H3;. The molecule has 2 aliphatic carbocycles. The molecule has 3 unspecified atom stereocenters. The van der Waals surface area contributed by atoms with Crippen molar-refractivity contribution in [2.45, 2.75) is 27.4 Å². The Morgan fingerprint density at radius 3 is 2.41 bits per heavy atom. The fraction of sp³-hybridized carbons (Fsp3) is 0.185. The summed E-state index contributed by atoms with van der Waals surface area (Å²) in [5.74, 6) is 0. The first-order chi connectivity index (χ1) is 14.1. The average molecular weight is 559 g/mol. The predicted molar refractivity (Wildman–Crippen MR) is 124 cm³/mol. The summed E-state index contributed by atoms with van der Waals surface area (Å²) in [7, 11) is 0.818. The van der Waals surface area contributed by atoms with E-state index in [9.17, 15) is 0 Å². The zero-order valence-electron chi connectivity index (χ0n) is 17.2. The molecule has 29 heavy (non-hydrogen) atoms. The van der Waals surface area contributed by atoms with Gasteiger partial charge < -0.3 is 0 Å². The van der Waals surface area contributed by atoms with Gasteiger partial charge in [-0.3, -0.25) is 0 Å². The van der Waals surface area contributed by atoms with E-state index in [0.717, 1.165) is 8.58 Å².